The lowest BCUT2D eigenvalue weighted by Gasteiger charge is -2.10. The van der Waals surface area contributed by atoms with Gasteiger partial charge in [-0.2, -0.15) is 0 Å². The lowest BCUT2D eigenvalue weighted by Crippen LogP contribution is -2.36. The molecule has 3 rings (SSSR count). The first-order valence-corrected chi connectivity index (χ1v) is 10.3. The minimum atomic E-state index is -0.255. The lowest BCUT2D eigenvalue weighted by atomic mass is 10.2. The van der Waals surface area contributed by atoms with Crippen LogP contribution in [0, 0.1) is 12.7 Å². The Morgan fingerprint density at radius 2 is 1.97 bits per heavy atom. The Morgan fingerprint density at radius 1 is 1.14 bits per heavy atom. The van der Waals surface area contributed by atoms with E-state index in [2.05, 4.69) is 20.6 Å². The van der Waals surface area contributed by atoms with E-state index in [1.807, 2.05) is 50.4 Å². The molecule has 0 unspecified atom stereocenters. The van der Waals surface area contributed by atoms with Crippen LogP contribution in [0.15, 0.2) is 59.7 Å². The van der Waals surface area contributed by atoms with E-state index in [0.717, 1.165) is 34.4 Å². The maximum Gasteiger partial charge on any atom is 0.191 e. The molecule has 0 bridgehead atoms. The Kier molecular flexibility index (Phi) is 7.58. The highest BCUT2D eigenvalue weighted by Crippen LogP contribution is 2.15. The van der Waals surface area contributed by atoms with Crippen molar-refractivity contribution in [2.75, 3.05) is 6.54 Å². The Labute approximate surface area is 174 Å². The number of benzene rings is 2. The van der Waals surface area contributed by atoms with Crippen molar-refractivity contribution in [2.45, 2.75) is 33.5 Å². The molecule has 3 aromatic rings. The molecule has 5 nitrogen and oxygen atoms in total. The van der Waals surface area contributed by atoms with Gasteiger partial charge in [0.1, 0.15) is 23.2 Å². The summed E-state index contributed by atoms with van der Waals surface area (Å²) >= 11 is 1.68. The average Bonchev–Trinajstić information content (AvgIpc) is 3.14. The average molecular weight is 413 g/mol. The first kappa shape index (κ1) is 20.8. The van der Waals surface area contributed by atoms with Crippen LogP contribution < -0.4 is 15.4 Å². The summed E-state index contributed by atoms with van der Waals surface area (Å²) in [6.07, 6.45) is 1.88. The van der Waals surface area contributed by atoms with Gasteiger partial charge in [-0.15, -0.1) is 11.3 Å². The van der Waals surface area contributed by atoms with Gasteiger partial charge >= 0.3 is 0 Å². The molecule has 0 spiro atoms. The smallest absolute Gasteiger partial charge is 0.191 e. The zero-order valence-electron chi connectivity index (χ0n) is 16.6. The topological polar surface area (TPSA) is 58.5 Å². The summed E-state index contributed by atoms with van der Waals surface area (Å²) in [4.78, 5) is 10.2. The lowest BCUT2D eigenvalue weighted by molar-refractivity contribution is 0.305. The summed E-state index contributed by atoms with van der Waals surface area (Å²) in [5.74, 6) is 1.24. The Morgan fingerprint density at radius 3 is 2.66 bits per heavy atom. The van der Waals surface area contributed by atoms with Crippen LogP contribution in [-0.4, -0.2) is 17.5 Å². The molecular formula is C22H25FN4OS. The van der Waals surface area contributed by atoms with Crippen molar-refractivity contribution in [3.05, 3.63) is 81.6 Å². The van der Waals surface area contributed by atoms with Crippen LogP contribution in [0.3, 0.4) is 0 Å². The summed E-state index contributed by atoms with van der Waals surface area (Å²) in [5.41, 5.74) is 1.88. The van der Waals surface area contributed by atoms with Gasteiger partial charge in [0.05, 0.1) is 13.1 Å². The molecule has 0 radical (unpaired) electrons. The summed E-state index contributed by atoms with van der Waals surface area (Å²) in [6.45, 7) is 6.41. The number of nitrogens with zero attached hydrogens (tertiary/aromatic N) is 2. The number of halogens is 1. The number of hydrogen-bond donors (Lipinski definition) is 2. The summed E-state index contributed by atoms with van der Waals surface area (Å²) < 4.78 is 18.9. The highest BCUT2D eigenvalue weighted by atomic mass is 32.1. The van der Waals surface area contributed by atoms with Crippen molar-refractivity contribution >= 4 is 17.3 Å². The van der Waals surface area contributed by atoms with E-state index in [0.29, 0.717) is 19.7 Å². The highest BCUT2D eigenvalue weighted by Gasteiger charge is 2.02. The number of thiazole rings is 1. The zero-order chi connectivity index (χ0) is 20.5. The van der Waals surface area contributed by atoms with E-state index in [1.165, 1.54) is 17.0 Å². The van der Waals surface area contributed by atoms with E-state index < -0.39 is 0 Å². The number of aryl methyl sites for hydroxylation is 1. The molecule has 2 N–H and O–H groups in total. The number of guanidine groups is 1. The third kappa shape index (κ3) is 6.87. The van der Waals surface area contributed by atoms with E-state index in [1.54, 1.807) is 17.4 Å². The van der Waals surface area contributed by atoms with Crippen LogP contribution in [0.2, 0.25) is 0 Å². The predicted octanol–water partition coefficient (Wildman–Crippen LogP) is 4.42. The monoisotopic (exact) mass is 412 g/mol. The zero-order valence-corrected chi connectivity index (χ0v) is 17.4. The molecule has 0 aliphatic heterocycles. The number of nitrogens with one attached hydrogen (secondary N) is 2. The first-order chi connectivity index (χ1) is 14.1. The Bertz CT molecular complexity index is 940. The fourth-order valence-electron chi connectivity index (χ4n) is 2.64. The van der Waals surface area contributed by atoms with Crippen molar-refractivity contribution in [1.29, 1.82) is 0 Å². The minimum Gasteiger partial charge on any atom is -0.489 e. The van der Waals surface area contributed by atoms with Gasteiger partial charge in [-0.05, 0) is 49.2 Å². The number of rotatable bonds is 8. The summed E-state index contributed by atoms with van der Waals surface area (Å²) in [7, 11) is 0. The van der Waals surface area contributed by atoms with Gasteiger partial charge < -0.3 is 15.4 Å². The largest absolute Gasteiger partial charge is 0.489 e. The van der Waals surface area contributed by atoms with Gasteiger partial charge in [0.2, 0.25) is 0 Å². The van der Waals surface area contributed by atoms with Crippen LogP contribution in [0.25, 0.3) is 0 Å². The van der Waals surface area contributed by atoms with Gasteiger partial charge in [0.15, 0.2) is 5.96 Å². The first-order valence-electron chi connectivity index (χ1n) is 9.52. The standard InChI is InChI=1S/C22H25FN4OS/c1-3-24-22(27-14-21-25-12-16(2)29-21)26-13-17-7-9-20(10-8-17)28-15-18-5-4-6-19(23)11-18/h4-12H,3,13-15H2,1-2H3,(H2,24,26,27). The van der Waals surface area contributed by atoms with Crippen molar-refractivity contribution in [2.24, 2.45) is 4.99 Å². The van der Waals surface area contributed by atoms with Gasteiger partial charge in [0.25, 0.3) is 0 Å². The molecule has 1 heterocycles. The maximum atomic E-state index is 13.2. The molecule has 0 fully saturated rings. The quantitative estimate of drug-likeness (QED) is 0.425. The number of hydrogen-bond acceptors (Lipinski definition) is 4. The van der Waals surface area contributed by atoms with Crippen LogP contribution in [0.4, 0.5) is 4.39 Å². The molecule has 0 saturated carbocycles. The van der Waals surface area contributed by atoms with Crippen molar-refractivity contribution < 1.29 is 9.13 Å². The predicted molar refractivity (Wildman–Crippen MR) is 116 cm³/mol. The van der Waals surface area contributed by atoms with Crippen LogP contribution in [0.1, 0.15) is 27.9 Å². The molecule has 7 heteroatoms. The number of aromatic nitrogens is 1. The fourth-order valence-corrected chi connectivity index (χ4v) is 3.37. The van der Waals surface area contributed by atoms with Crippen molar-refractivity contribution in [1.82, 2.24) is 15.6 Å². The Balaban J connectivity index is 1.52. The van der Waals surface area contributed by atoms with Gasteiger partial charge in [-0.25, -0.2) is 14.4 Å². The molecule has 0 atom stereocenters. The van der Waals surface area contributed by atoms with Gasteiger partial charge in [0, 0.05) is 17.6 Å². The molecule has 0 amide bonds. The third-order valence-electron chi connectivity index (χ3n) is 4.06. The highest BCUT2D eigenvalue weighted by molar-refractivity contribution is 7.11. The molecular weight excluding hydrogens is 387 g/mol. The van der Waals surface area contributed by atoms with Crippen molar-refractivity contribution in [3.8, 4) is 5.75 Å². The van der Waals surface area contributed by atoms with Crippen LogP contribution in [-0.2, 0) is 19.7 Å². The Hall–Kier alpha value is -2.93. The van der Waals surface area contributed by atoms with Crippen LogP contribution in [0.5, 0.6) is 5.75 Å². The van der Waals surface area contributed by atoms with Gasteiger partial charge in [-0.1, -0.05) is 24.3 Å². The second kappa shape index (κ2) is 10.6. The molecule has 2 aromatic carbocycles. The van der Waals surface area contributed by atoms with E-state index >= 15 is 0 Å². The van der Waals surface area contributed by atoms with Crippen LogP contribution >= 0.6 is 11.3 Å². The second-order valence-corrected chi connectivity index (χ2v) is 7.80. The molecule has 29 heavy (non-hydrogen) atoms. The molecule has 0 saturated heterocycles. The van der Waals surface area contributed by atoms with E-state index in [4.69, 9.17) is 4.74 Å². The third-order valence-corrected chi connectivity index (χ3v) is 4.97. The number of ether oxygens (including phenoxy) is 1. The SMILES string of the molecule is CCNC(=NCc1ccc(OCc2cccc(F)c2)cc1)NCc1ncc(C)s1. The maximum absolute atomic E-state index is 13.2. The summed E-state index contributed by atoms with van der Waals surface area (Å²) in [6, 6.07) is 14.2. The number of aliphatic imine (C=N–C) groups is 1. The van der Waals surface area contributed by atoms with E-state index in [9.17, 15) is 4.39 Å². The second-order valence-electron chi connectivity index (χ2n) is 6.48. The molecule has 0 aliphatic rings. The summed E-state index contributed by atoms with van der Waals surface area (Å²) in [5, 5.41) is 7.59. The normalized spacial score (nSPS) is 11.3. The molecule has 152 valence electrons. The molecule has 0 aliphatic carbocycles. The van der Waals surface area contributed by atoms with Crippen molar-refractivity contribution in [3.63, 3.8) is 0 Å². The fraction of sp³-hybridized carbons (Fsp3) is 0.273. The minimum absolute atomic E-state index is 0.255. The van der Waals surface area contributed by atoms with E-state index in [-0.39, 0.29) is 5.82 Å². The van der Waals surface area contributed by atoms with Gasteiger partial charge in [-0.3, -0.25) is 0 Å². The molecule has 1 aromatic heterocycles.